The second kappa shape index (κ2) is 4.60. The van der Waals surface area contributed by atoms with Gasteiger partial charge in [-0.3, -0.25) is 4.90 Å². The summed E-state index contributed by atoms with van der Waals surface area (Å²) in [7, 11) is -3.07. The summed E-state index contributed by atoms with van der Waals surface area (Å²) in [6.07, 6.45) is 4.12. The first kappa shape index (κ1) is 12.3. The quantitative estimate of drug-likeness (QED) is 0.714. The first-order chi connectivity index (χ1) is 7.52. The van der Waals surface area contributed by atoms with Gasteiger partial charge in [-0.25, -0.2) is 12.7 Å². The van der Waals surface area contributed by atoms with Crippen LogP contribution in [0.25, 0.3) is 0 Å². The number of aliphatic hydroxyl groups excluding tert-OH is 1. The van der Waals surface area contributed by atoms with Crippen LogP contribution in [0.1, 0.15) is 19.3 Å². The Kier molecular flexibility index (Phi) is 3.53. The Hall–Kier alpha value is -0.170. The van der Waals surface area contributed by atoms with Crippen LogP contribution >= 0.6 is 0 Å². The smallest absolute Gasteiger partial charge is 0.211 e. The summed E-state index contributed by atoms with van der Waals surface area (Å²) in [5.74, 6) is 0. The molecule has 5 nitrogen and oxygen atoms in total. The summed E-state index contributed by atoms with van der Waals surface area (Å²) in [6.45, 7) is 2.42. The minimum absolute atomic E-state index is 0.190. The fraction of sp³-hybridized carbons (Fsp3) is 1.00. The molecule has 2 aliphatic rings. The molecule has 2 fully saturated rings. The number of nitrogens with zero attached hydrogens (tertiary/aromatic N) is 2. The monoisotopic (exact) mass is 248 g/mol. The summed E-state index contributed by atoms with van der Waals surface area (Å²) in [6, 6.07) is 0.566. The molecule has 0 amide bonds. The zero-order valence-corrected chi connectivity index (χ0v) is 10.5. The maximum atomic E-state index is 11.5. The number of sulfonamides is 1. The van der Waals surface area contributed by atoms with E-state index in [-0.39, 0.29) is 12.6 Å². The molecule has 2 rings (SSSR count). The zero-order valence-electron chi connectivity index (χ0n) is 9.67. The first-order valence-electron chi connectivity index (χ1n) is 5.84. The molecule has 0 aromatic carbocycles. The van der Waals surface area contributed by atoms with Gasteiger partial charge in [-0.05, 0) is 25.8 Å². The van der Waals surface area contributed by atoms with Crippen molar-refractivity contribution in [2.24, 2.45) is 0 Å². The van der Waals surface area contributed by atoms with E-state index in [4.69, 9.17) is 5.11 Å². The highest BCUT2D eigenvalue weighted by Gasteiger charge is 2.40. The van der Waals surface area contributed by atoms with E-state index in [1.807, 2.05) is 0 Å². The molecule has 2 aliphatic heterocycles. The third-order valence-corrected chi connectivity index (χ3v) is 4.92. The molecule has 0 spiro atoms. The van der Waals surface area contributed by atoms with Crippen LogP contribution in [0, 0.1) is 0 Å². The molecular weight excluding hydrogens is 228 g/mol. The fourth-order valence-corrected chi connectivity index (χ4v) is 3.58. The van der Waals surface area contributed by atoms with Crippen molar-refractivity contribution in [3.63, 3.8) is 0 Å². The van der Waals surface area contributed by atoms with Gasteiger partial charge in [0.05, 0.1) is 12.9 Å². The highest BCUT2D eigenvalue weighted by molar-refractivity contribution is 7.88. The van der Waals surface area contributed by atoms with Crippen LogP contribution in [0.2, 0.25) is 0 Å². The van der Waals surface area contributed by atoms with E-state index in [1.54, 1.807) is 4.31 Å². The number of aliphatic hydroxyl groups is 1. The summed E-state index contributed by atoms with van der Waals surface area (Å²) < 4.78 is 24.7. The second-order valence-corrected chi connectivity index (χ2v) is 6.77. The van der Waals surface area contributed by atoms with Crippen LogP contribution in [-0.2, 0) is 10.0 Å². The van der Waals surface area contributed by atoms with Gasteiger partial charge < -0.3 is 5.11 Å². The van der Waals surface area contributed by atoms with Gasteiger partial charge in [-0.2, -0.15) is 0 Å². The minimum Gasteiger partial charge on any atom is -0.395 e. The summed E-state index contributed by atoms with van der Waals surface area (Å²) in [5.41, 5.74) is 0. The van der Waals surface area contributed by atoms with Gasteiger partial charge in [-0.1, -0.05) is 0 Å². The van der Waals surface area contributed by atoms with Gasteiger partial charge in [0.15, 0.2) is 0 Å². The van der Waals surface area contributed by atoms with E-state index in [9.17, 15) is 8.42 Å². The Labute approximate surface area is 97.1 Å². The number of rotatable bonds is 2. The highest BCUT2D eigenvalue weighted by Crippen LogP contribution is 2.28. The van der Waals surface area contributed by atoms with Crippen molar-refractivity contribution in [2.75, 3.05) is 32.5 Å². The van der Waals surface area contributed by atoms with Gasteiger partial charge in [0, 0.05) is 25.2 Å². The third kappa shape index (κ3) is 2.40. The molecule has 0 radical (unpaired) electrons. The molecular formula is C10H20N2O3S. The molecule has 94 valence electrons. The lowest BCUT2D eigenvalue weighted by atomic mass is 9.92. The van der Waals surface area contributed by atoms with Crippen molar-refractivity contribution in [3.8, 4) is 0 Å². The molecule has 6 heteroatoms. The molecule has 0 bridgehead atoms. The Balaban J connectivity index is 2.02. The van der Waals surface area contributed by atoms with Gasteiger partial charge in [0.2, 0.25) is 10.0 Å². The molecule has 0 saturated carbocycles. The molecule has 0 aromatic heterocycles. The molecule has 0 aromatic rings. The molecule has 0 unspecified atom stereocenters. The van der Waals surface area contributed by atoms with Crippen LogP contribution < -0.4 is 0 Å². The van der Waals surface area contributed by atoms with Crippen molar-refractivity contribution in [1.29, 1.82) is 0 Å². The van der Waals surface area contributed by atoms with Gasteiger partial charge in [-0.15, -0.1) is 0 Å². The Morgan fingerprint density at radius 1 is 1.31 bits per heavy atom. The average molecular weight is 248 g/mol. The lowest BCUT2D eigenvalue weighted by Crippen LogP contribution is -2.62. The summed E-state index contributed by atoms with van der Waals surface area (Å²) in [5, 5.41) is 9.14. The van der Waals surface area contributed by atoms with Gasteiger partial charge in [0.1, 0.15) is 0 Å². The van der Waals surface area contributed by atoms with Crippen molar-refractivity contribution in [1.82, 2.24) is 9.21 Å². The Morgan fingerprint density at radius 3 is 2.62 bits per heavy atom. The number of hydrogen-bond donors (Lipinski definition) is 1. The molecule has 16 heavy (non-hydrogen) atoms. The standard InChI is InChI=1S/C10H20N2O3S/c1-16(14,15)11-4-2-3-5-12-9(7-11)6-10(12)8-13/h9-10,13H,2-8H2,1H3/t9-,10+/m1/s1. The van der Waals surface area contributed by atoms with Crippen molar-refractivity contribution >= 4 is 10.0 Å². The normalized spacial score (nSPS) is 33.6. The van der Waals surface area contributed by atoms with Gasteiger partial charge >= 0.3 is 0 Å². The van der Waals surface area contributed by atoms with Crippen LogP contribution in [0.4, 0.5) is 0 Å². The van der Waals surface area contributed by atoms with E-state index in [0.717, 1.165) is 25.8 Å². The second-order valence-electron chi connectivity index (χ2n) is 4.79. The van der Waals surface area contributed by atoms with E-state index in [0.29, 0.717) is 19.1 Å². The SMILES string of the molecule is CS(=O)(=O)N1CCCCN2[C@H](CO)C[C@@H]2C1. The Bertz CT molecular complexity index is 344. The molecule has 2 heterocycles. The van der Waals surface area contributed by atoms with Crippen LogP contribution in [0.15, 0.2) is 0 Å². The van der Waals surface area contributed by atoms with E-state index >= 15 is 0 Å². The predicted molar refractivity (Wildman–Crippen MR) is 61.6 cm³/mol. The Morgan fingerprint density at radius 2 is 2.00 bits per heavy atom. The van der Waals surface area contributed by atoms with E-state index in [1.165, 1.54) is 6.26 Å². The summed E-state index contributed by atoms with van der Waals surface area (Å²) in [4.78, 5) is 2.25. The van der Waals surface area contributed by atoms with Crippen molar-refractivity contribution < 1.29 is 13.5 Å². The molecule has 0 aliphatic carbocycles. The highest BCUT2D eigenvalue weighted by atomic mass is 32.2. The lowest BCUT2D eigenvalue weighted by molar-refractivity contribution is -0.0305. The minimum atomic E-state index is -3.07. The largest absolute Gasteiger partial charge is 0.395 e. The maximum absolute atomic E-state index is 11.5. The fourth-order valence-electron chi connectivity index (χ4n) is 2.68. The van der Waals surface area contributed by atoms with Gasteiger partial charge in [0.25, 0.3) is 0 Å². The predicted octanol–water partition coefficient (Wildman–Crippen LogP) is -0.523. The number of hydrogen-bond acceptors (Lipinski definition) is 4. The lowest BCUT2D eigenvalue weighted by Gasteiger charge is -2.50. The van der Waals surface area contributed by atoms with Crippen molar-refractivity contribution in [2.45, 2.75) is 31.3 Å². The summed E-state index contributed by atoms with van der Waals surface area (Å²) >= 11 is 0. The van der Waals surface area contributed by atoms with E-state index < -0.39 is 10.0 Å². The topological polar surface area (TPSA) is 60.9 Å². The number of fused-ring (bicyclic) bond motifs is 1. The first-order valence-corrected chi connectivity index (χ1v) is 7.69. The van der Waals surface area contributed by atoms with Crippen LogP contribution in [-0.4, -0.2) is 67.3 Å². The molecule has 1 N–H and O–H groups in total. The molecule has 2 atom stereocenters. The maximum Gasteiger partial charge on any atom is 0.211 e. The third-order valence-electron chi connectivity index (χ3n) is 3.65. The zero-order chi connectivity index (χ0) is 11.8. The van der Waals surface area contributed by atoms with Crippen LogP contribution in [0.5, 0.6) is 0 Å². The van der Waals surface area contributed by atoms with E-state index in [2.05, 4.69) is 4.90 Å². The average Bonchev–Trinajstić information content (AvgIpc) is 2.15. The van der Waals surface area contributed by atoms with Crippen molar-refractivity contribution in [3.05, 3.63) is 0 Å². The molecule has 2 saturated heterocycles. The van der Waals surface area contributed by atoms with Crippen LogP contribution in [0.3, 0.4) is 0 Å².